The highest BCUT2D eigenvalue weighted by Gasteiger charge is 2.18. The van der Waals surface area contributed by atoms with Gasteiger partial charge in [-0.05, 0) is 19.9 Å². The van der Waals surface area contributed by atoms with Crippen molar-refractivity contribution in [2.45, 2.75) is 19.9 Å². The summed E-state index contributed by atoms with van der Waals surface area (Å²) in [6, 6.07) is 1.63. The van der Waals surface area contributed by atoms with Crippen molar-refractivity contribution in [2.24, 2.45) is 5.73 Å². The highest BCUT2D eigenvalue weighted by Crippen LogP contribution is 2.17. The molecule has 0 aliphatic heterocycles. The van der Waals surface area contributed by atoms with Gasteiger partial charge >= 0.3 is 0 Å². The lowest BCUT2D eigenvalue weighted by molar-refractivity contribution is 0.0753. The smallest absolute Gasteiger partial charge is 0.263 e. The molecule has 4 nitrogen and oxygen atoms in total. The largest absolute Gasteiger partial charge is 0.337 e. The zero-order valence-corrected chi connectivity index (χ0v) is 10.5. The third kappa shape index (κ3) is 2.68. The van der Waals surface area contributed by atoms with Crippen molar-refractivity contribution in [3.05, 3.63) is 21.9 Å². The molecule has 0 spiro atoms. The van der Waals surface area contributed by atoms with Crippen LogP contribution in [0.25, 0.3) is 0 Å². The standard InChI is InChI=1S/C11H16N2O2S/c1-7(5-12)13(3)11(15)10-4-9(6-16-10)8(2)14/h4,6-7H,5,12H2,1-3H3. The Morgan fingerprint density at radius 2 is 2.19 bits per heavy atom. The molecule has 2 N–H and O–H groups in total. The Hall–Kier alpha value is -1.20. The summed E-state index contributed by atoms with van der Waals surface area (Å²) in [6.07, 6.45) is 0. The van der Waals surface area contributed by atoms with Crippen molar-refractivity contribution >= 4 is 23.0 Å². The van der Waals surface area contributed by atoms with Crippen molar-refractivity contribution in [3.8, 4) is 0 Å². The van der Waals surface area contributed by atoms with E-state index in [2.05, 4.69) is 0 Å². The lowest BCUT2D eigenvalue weighted by Crippen LogP contribution is -2.39. The van der Waals surface area contributed by atoms with E-state index in [0.717, 1.165) is 0 Å². The van der Waals surface area contributed by atoms with Gasteiger partial charge in [-0.25, -0.2) is 0 Å². The van der Waals surface area contributed by atoms with Crippen molar-refractivity contribution in [3.63, 3.8) is 0 Å². The van der Waals surface area contributed by atoms with Crippen LogP contribution in [-0.4, -0.2) is 36.2 Å². The summed E-state index contributed by atoms with van der Waals surface area (Å²) < 4.78 is 0. The van der Waals surface area contributed by atoms with E-state index < -0.39 is 0 Å². The molecule has 16 heavy (non-hydrogen) atoms. The van der Waals surface area contributed by atoms with E-state index in [1.165, 1.54) is 18.3 Å². The lowest BCUT2D eigenvalue weighted by Gasteiger charge is -2.22. The third-order valence-electron chi connectivity index (χ3n) is 2.54. The van der Waals surface area contributed by atoms with Gasteiger partial charge in [0.15, 0.2) is 5.78 Å². The maximum atomic E-state index is 12.0. The van der Waals surface area contributed by atoms with Crippen LogP contribution in [0.4, 0.5) is 0 Å². The molecule has 0 bridgehead atoms. The van der Waals surface area contributed by atoms with Crippen LogP contribution in [0, 0.1) is 0 Å². The van der Waals surface area contributed by atoms with E-state index in [1.54, 1.807) is 23.4 Å². The summed E-state index contributed by atoms with van der Waals surface area (Å²) in [5, 5.41) is 1.70. The minimum atomic E-state index is -0.0875. The van der Waals surface area contributed by atoms with Gasteiger partial charge in [-0.3, -0.25) is 9.59 Å². The van der Waals surface area contributed by atoms with Gasteiger partial charge in [0.05, 0.1) is 4.88 Å². The van der Waals surface area contributed by atoms with Crippen LogP contribution in [-0.2, 0) is 0 Å². The Bertz CT molecular complexity index is 400. The first-order valence-electron chi connectivity index (χ1n) is 5.04. The number of likely N-dealkylation sites (N-methyl/N-ethyl adjacent to an activating group) is 1. The summed E-state index contributed by atoms with van der Waals surface area (Å²) >= 11 is 1.29. The number of carbonyl (C=O) groups excluding carboxylic acids is 2. The maximum Gasteiger partial charge on any atom is 0.263 e. The number of hydrogen-bond donors (Lipinski definition) is 1. The number of Topliss-reactive ketones (excluding diaryl/α,β-unsaturated/α-hetero) is 1. The van der Waals surface area contributed by atoms with E-state index in [9.17, 15) is 9.59 Å². The van der Waals surface area contributed by atoms with Crippen LogP contribution in [0.15, 0.2) is 11.4 Å². The highest BCUT2D eigenvalue weighted by atomic mass is 32.1. The summed E-state index contributed by atoms with van der Waals surface area (Å²) in [5.74, 6) is -0.111. The van der Waals surface area contributed by atoms with Crippen LogP contribution in [0.2, 0.25) is 0 Å². The normalized spacial score (nSPS) is 12.2. The molecule has 0 aliphatic carbocycles. The molecule has 88 valence electrons. The minimum absolute atomic E-state index is 0.00428. The number of nitrogens with zero attached hydrogens (tertiary/aromatic N) is 1. The first-order chi connectivity index (χ1) is 7.47. The van der Waals surface area contributed by atoms with E-state index in [4.69, 9.17) is 5.73 Å². The van der Waals surface area contributed by atoms with Crippen molar-refractivity contribution in [2.75, 3.05) is 13.6 Å². The average molecular weight is 240 g/mol. The average Bonchev–Trinajstić information content (AvgIpc) is 2.75. The van der Waals surface area contributed by atoms with Gasteiger partial charge in [-0.2, -0.15) is 0 Å². The van der Waals surface area contributed by atoms with Gasteiger partial charge in [0.2, 0.25) is 0 Å². The fraction of sp³-hybridized carbons (Fsp3) is 0.455. The topological polar surface area (TPSA) is 63.4 Å². The number of thiophene rings is 1. The molecule has 0 aromatic carbocycles. The van der Waals surface area contributed by atoms with Gasteiger partial charge in [0.1, 0.15) is 0 Å². The van der Waals surface area contributed by atoms with E-state index in [0.29, 0.717) is 17.0 Å². The molecule has 1 amide bonds. The predicted octanol–water partition coefficient (Wildman–Crippen LogP) is 1.37. The first kappa shape index (κ1) is 12.9. The Morgan fingerprint density at radius 3 is 2.62 bits per heavy atom. The molecule has 0 aliphatic rings. The van der Waals surface area contributed by atoms with Gasteiger partial charge in [-0.15, -0.1) is 11.3 Å². The molecule has 0 saturated carbocycles. The third-order valence-corrected chi connectivity index (χ3v) is 3.46. The number of nitrogens with two attached hydrogens (primary N) is 1. The molecular formula is C11H16N2O2S. The molecule has 1 atom stereocenters. The van der Waals surface area contributed by atoms with Gasteiger partial charge in [0.25, 0.3) is 5.91 Å². The molecule has 1 unspecified atom stereocenters. The first-order valence-corrected chi connectivity index (χ1v) is 5.92. The molecule has 0 saturated heterocycles. The second-order valence-corrected chi connectivity index (χ2v) is 4.67. The van der Waals surface area contributed by atoms with Crippen LogP contribution < -0.4 is 5.73 Å². The van der Waals surface area contributed by atoms with Crippen molar-refractivity contribution in [1.82, 2.24) is 4.90 Å². The second kappa shape index (κ2) is 5.23. The maximum absolute atomic E-state index is 12.0. The molecule has 0 radical (unpaired) electrons. The lowest BCUT2D eigenvalue weighted by atomic mass is 10.2. The van der Waals surface area contributed by atoms with Crippen molar-refractivity contribution < 1.29 is 9.59 Å². The van der Waals surface area contributed by atoms with Crippen LogP contribution in [0.1, 0.15) is 33.9 Å². The van der Waals surface area contributed by atoms with Gasteiger partial charge < -0.3 is 10.6 Å². The number of amides is 1. The number of ketones is 1. The van der Waals surface area contributed by atoms with Gasteiger partial charge in [0, 0.05) is 30.6 Å². The Morgan fingerprint density at radius 1 is 1.56 bits per heavy atom. The number of hydrogen-bond acceptors (Lipinski definition) is 4. The zero-order valence-electron chi connectivity index (χ0n) is 9.69. The van der Waals surface area contributed by atoms with E-state index >= 15 is 0 Å². The number of rotatable bonds is 4. The molecule has 0 fully saturated rings. The van der Waals surface area contributed by atoms with E-state index in [-0.39, 0.29) is 17.7 Å². The fourth-order valence-electron chi connectivity index (χ4n) is 1.17. The second-order valence-electron chi connectivity index (χ2n) is 3.76. The Balaban J connectivity index is 2.84. The highest BCUT2D eigenvalue weighted by molar-refractivity contribution is 7.12. The monoisotopic (exact) mass is 240 g/mol. The molecular weight excluding hydrogens is 224 g/mol. The van der Waals surface area contributed by atoms with Crippen LogP contribution in [0.3, 0.4) is 0 Å². The predicted molar refractivity (Wildman–Crippen MR) is 64.9 cm³/mol. The summed E-state index contributed by atoms with van der Waals surface area (Å²) in [5.41, 5.74) is 6.08. The Kier molecular flexibility index (Phi) is 4.20. The summed E-state index contributed by atoms with van der Waals surface area (Å²) in [7, 11) is 1.72. The molecule has 5 heteroatoms. The van der Waals surface area contributed by atoms with Crippen LogP contribution in [0.5, 0.6) is 0 Å². The SMILES string of the molecule is CC(=O)c1csc(C(=O)N(C)C(C)CN)c1. The minimum Gasteiger partial charge on any atom is -0.337 e. The van der Waals surface area contributed by atoms with Crippen LogP contribution >= 0.6 is 11.3 Å². The van der Waals surface area contributed by atoms with Gasteiger partial charge in [-0.1, -0.05) is 0 Å². The van der Waals surface area contributed by atoms with E-state index in [1.807, 2.05) is 6.92 Å². The molecule has 1 aromatic rings. The van der Waals surface area contributed by atoms with Crippen molar-refractivity contribution in [1.29, 1.82) is 0 Å². The summed E-state index contributed by atoms with van der Waals surface area (Å²) in [4.78, 5) is 25.2. The fourth-order valence-corrected chi connectivity index (χ4v) is 2.09. The molecule has 1 heterocycles. The number of carbonyl (C=O) groups is 2. The Labute approximate surface area is 99.0 Å². The zero-order chi connectivity index (χ0) is 12.3. The molecule has 1 rings (SSSR count). The summed E-state index contributed by atoms with van der Waals surface area (Å²) in [6.45, 7) is 3.80. The quantitative estimate of drug-likeness (QED) is 0.808. The molecule has 1 aromatic heterocycles.